The molecule has 1 N–H and O–H groups in total. The number of benzene rings is 2. The highest BCUT2D eigenvalue weighted by Gasteiger charge is 2.49. The monoisotopic (exact) mass is 401 g/mol. The van der Waals surface area contributed by atoms with Crippen LogP contribution in [0.1, 0.15) is 37.8 Å². The molecule has 0 radical (unpaired) electrons. The van der Waals surface area contributed by atoms with Crippen LogP contribution in [0.5, 0.6) is 5.75 Å². The van der Waals surface area contributed by atoms with Crippen LogP contribution in [0.3, 0.4) is 0 Å². The SMILES string of the molecule is CCOc1ccc(CC(=O)NC(C)C2(c3ccc(Br)cc3)CC2)cc1. The van der Waals surface area contributed by atoms with Crippen LogP contribution in [0, 0.1) is 0 Å². The van der Waals surface area contributed by atoms with Crippen molar-refractivity contribution in [1.82, 2.24) is 5.32 Å². The van der Waals surface area contributed by atoms with Gasteiger partial charge in [-0.05, 0) is 62.1 Å². The van der Waals surface area contributed by atoms with Crippen LogP contribution in [0.4, 0.5) is 0 Å². The zero-order chi connectivity index (χ0) is 17.9. The fourth-order valence-corrected chi connectivity index (χ4v) is 3.64. The smallest absolute Gasteiger partial charge is 0.224 e. The van der Waals surface area contributed by atoms with Gasteiger partial charge >= 0.3 is 0 Å². The molecule has 4 heteroatoms. The van der Waals surface area contributed by atoms with Gasteiger partial charge < -0.3 is 10.1 Å². The molecule has 2 aromatic carbocycles. The van der Waals surface area contributed by atoms with Gasteiger partial charge in [0.05, 0.1) is 13.0 Å². The lowest BCUT2D eigenvalue weighted by atomic mass is 9.89. The van der Waals surface area contributed by atoms with Gasteiger partial charge in [0.15, 0.2) is 0 Å². The molecule has 3 nitrogen and oxygen atoms in total. The molecule has 0 bridgehead atoms. The van der Waals surface area contributed by atoms with E-state index in [0.717, 1.165) is 28.6 Å². The van der Waals surface area contributed by atoms with Crippen LogP contribution < -0.4 is 10.1 Å². The third-order valence-corrected chi connectivity index (χ3v) is 5.54. The molecular formula is C21H24BrNO2. The van der Waals surface area contributed by atoms with Crippen LogP contribution in [-0.2, 0) is 16.6 Å². The fraction of sp³-hybridized carbons (Fsp3) is 0.381. The van der Waals surface area contributed by atoms with Crippen LogP contribution in [0.15, 0.2) is 53.0 Å². The quantitative estimate of drug-likeness (QED) is 0.734. The molecule has 1 atom stereocenters. The van der Waals surface area contributed by atoms with Crippen molar-refractivity contribution in [2.45, 2.75) is 44.6 Å². The molecule has 2 aromatic rings. The van der Waals surface area contributed by atoms with Crippen molar-refractivity contribution in [1.29, 1.82) is 0 Å². The summed E-state index contributed by atoms with van der Waals surface area (Å²) in [4.78, 5) is 12.4. The van der Waals surface area contributed by atoms with Gasteiger partial charge in [0.1, 0.15) is 5.75 Å². The fourth-order valence-electron chi connectivity index (χ4n) is 3.37. The Kier molecular flexibility index (Phi) is 5.48. The van der Waals surface area contributed by atoms with E-state index in [4.69, 9.17) is 4.74 Å². The first-order valence-corrected chi connectivity index (χ1v) is 9.60. The summed E-state index contributed by atoms with van der Waals surface area (Å²) >= 11 is 3.48. The maximum atomic E-state index is 12.4. The minimum atomic E-state index is 0.0695. The largest absolute Gasteiger partial charge is 0.494 e. The van der Waals surface area contributed by atoms with Gasteiger partial charge in [0.25, 0.3) is 0 Å². The number of hydrogen-bond donors (Lipinski definition) is 1. The lowest BCUT2D eigenvalue weighted by Crippen LogP contribution is -2.42. The number of amides is 1. The first-order valence-electron chi connectivity index (χ1n) is 8.80. The summed E-state index contributed by atoms with van der Waals surface area (Å²) in [7, 11) is 0. The Labute approximate surface area is 157 Å². The lowest BCUT2D eigenvalue weighted by molar-refractivity contribution is -0.121. The van der Waals surface area contributed by atoms with Gasteiger partial charge in [-0.1, -0.05) is 40.2 Å². The molecule has 25 heavy (non-hydrogen) atoms. The summed E-state index contributed by atoms with van der Waals surface area (Å²) in [6.07, 6.45) is 2.64. The second-order valence-corrected chi connectivity index (χ2v) is 7.62. The molecule has 1 unspecified atom stereocenters. The summed E-state index contributed by atoms with van der Waals surface area (Å²) < 4.78 is 6.52. The first kappa shape index (κ1) is 18.0. The Bertz CT molecular complexity index is 721. The normalized spacial score (nSPS) is 16.1. The zero-order valence-electron chi connectivity index (χ0n) is 14.7. The Morgan fingerprint density at radius 3 is 2.36 bits per heavy atom. The molecule has 0 heterocycles. The lowest BCUT2D eigenvalue weighted by Gasteiger charge is -2.25. The third kappa shape index (κ3) is 4.24. The number of carbonyl (C=O) groups excluding carboxylic acids is 1. The first-order chi connectivity index (χ1) is 12.0. The van der Waals surface area contributed by atoms with Crippen LogP contribution in [0.2, 0.25) is 0 Å². The highest BCUT2D eigenvalue weighted by molar-refractivity contribution is 9.10. The molecule has 1 fully saturated rings. The average molecular weight is 402 g/mol. The van der Waals surface area contributed by atoms with Crippen molar-refractivity contribution >= 4 is 21.8 Å². The summed E-state index contributed by atoms with van der Waals surface area (Å²) in [5, 5.41) is 3.20. The number of hydrogen-bond acceptors (Lipinski definition) is 2. The van der Waals surface area contributed by atoms with Crippen molar-refractivity contribution in [3.63, 3.8) is 0 Å². The maximum absolute atomic E-state index is 12.4. The van der Waals surface area contributed by atoms with E-state index in [9.17, 15) is 4.79 Å². The predicted octanol–water partition coefficient (Wildman–Crippen LogP) is 4.63. The van der Waals surface area contributed by atoms with Gasteiger partial charge in [-0.25, -0.2) is 0 Å². The molecule has 0 saturated heterocycles. The Balaban J connectivity index is 1.59. The van der Waals surface area contributed by atoms with E-state index >= 15 is 0 Å². The second kappa shape index (κ2) is 7.61. The van der Waals surface area contributed by atoms with Crippen molar-refractivity contribution in [2.24, 2.45) is 0 Å². The van der Waals surface area contributed by atoms with E-state index in [1.165, 1.54) is 5.56 Å². The van der Waals surface area contributed by atoms with Gasteiger partial charge in [-0.3, -0.25) is 4.79 Å². The van der Waals surface area contributed by atoms with E-state index in [1.807, 2.05) is 31.2 Å². The van der Waals surface area contributed by atoms with Gasteiger partial charge in [0.2, 0.25) is 5.91 Å². The molecule has 0 aromatic heterocycles. The highest BCUT2D eigenvalue weighted by Crippen LogP contribution is 2.51. The highest BCUT2D eigenvalue weighted by atomic mass is 79.9. The minimum absolute atomic E-state index is 0.0695. The predicted molar refractivity (Wildman–Crippen MR) is 104 cm³/mol. The number of nitrogens with one attached hydrogen (secondary N) is 1. The van der Waals surface area contributed by atoms with E-state index in [0.29, 0.717) is 13.0 Å². The van der Waals surface area contributed by atoms with Crippen LogP contribution in [0.25, 0.3) is 0 Å². The summed E-state index contributed by atoms with van der Waals surface area (Å²) in [6, 6.07) is 16.3. The Morgan fingerprint density at radius 1 is 1.16 bits per heavy atom. The van der Waals surface area contributed by atoms with E-state index in [2.05, 4.69) is 52.4 Å². The van der Waals surface area contributed by atoms with Crippen molar-refractivity contribution in [2.75, 3.05) is 6.61 Å². The summed E-state index contributed by atoms with van der Waals surface area (Å²) in [6.45, 7) is 4.72. The molecule has 1 aliphatic carbocycles. The van der Waals surface area contributed by atoms with E-state index in [-0.39, 0.29) is 17.4 Å². The number of ether oxygens (including phenoxy) is 1. The third-order valence-electron chi connectivity index (χ3n) is 5.01. The van der Waals surface area contributed by atoms with Crippen LogP contribution in [-0.4, -0.2) is 18.6 Å². The Hall–Kier alpha value is -1.81. The standard InChI is InChI=1S/C21H24BrNO2/c1-3-25-19-10-4-16(5-11-19)14-20(24)23-15(2)21(12-13-21)17-6-8-18(22)9-7-17/h4-11,15H,3,12-14H2,1-2H3,(H,23,24). The van der Waals surface area contributed by atoms with Gasteiger partial charge in [-0.2, -0.15) is 0 Å². The molecule has 0 aliphatic heterocycles. The molecule has 1 saturated carbocycles. The van der Waals surface area contributed by atoms with Crippen molar-refractivity contribution in [3.8, 4) is 5.75 Å². The topological polar surface area (TPSA) is 38.3 Å². The summed E-state index contributed by atoms with van der Waals surface area (Å²) in [5.74, 6) is 0.909. The van der Waals surface area contributed by atoms with Crippen molar-refractivity contribution < 1.29 is 9.53 Å². The number of carbonyl (C=O) groups is 1. The number of rotatable bonds is 7. The molecule has 1 aliphatic rings. The van der Waals surface area contributed by atoms with Gasteiger partial charge in [0, 0.05) is 15.9 Å². The molecule has 132 valence electrons. The zero-order valence-corrected chi connectivity index (χ0v) is 16.3. The van der Waals surface area contributed by atoms with Gasteiger partial charge in [-0.15, -0.1) is 0 Å². The van der Waals surface area contributed by atoms with Crippen molar-refractivity contribution in [3.05, 3.63) is 64.1 Å². The van der Waals surface area contributed by atoms with Crippen LogP contribution >= 0.6 is 15.9 Å². The maximum Gasteiger partial charge on any atom is 0.224 e. The second-order valence-electron chi connectivity index (χ2n) is 6.71. The van der Waals surface area contributed by atoms with E-state index < -0.39 is 0 Å². The molecule has 3 rings (SSSR count). The molecule has 0 spiro atoms. The summed E-state index contributed by atoms with van der Waals surface area (Å²) in [5.41, 5.74) is 2.40. The molecular weight excluding hydrogens is 378 g/mol. The van der Waals surface area contributed by atoms with E-state index in [1.54, 1.807) is 0 Å². The Morgan fingerprint density at radius 2 is 1.80 bits per heavy atom. The molecule has 1 amide bonds. The number of halogens is 1. The average Bonchev–Trinajstić information content (AvgIpc) is 3.39. The minimum Gasteiger partial charge on any atom is -0.494 e.